The standard InChI is InChI=1S/C25H33NO2/c1-16(2)25(15-27)8-9-26(22-7-5-4-6-21(22)25)23(28)24-12-17(3)10-18-11-19(13-24)20(18)14-24/h4-7,10,16-17,19-20,27H,8-9,11-15H2,1-3H3. The molecule has 5 unspecified atom stereocenters. The first-order valence-corrected chi connectivity index (χ1v) is 11.1. The molecule has 1 aliphatic heterocycles. The molecule has 1 heterocycles. The molecular formula is C25H33NO2. The third-order valence-corrected chi connectivity index (χ3v) is 8.62. The van der Waals surface area contributed by atoms with E-state index in [9.17, 15) is 9.90 Å². The Hall–Kier alpha value is -1.61. The minimum absolute atomic E-state index is 0.142. The molecular weight excluding hydrogens is 346 g/mol. The average molecular weight is 380 g/mol. The Balaban J connectivity index is 1.53. The molecule has 2 fully saturated rings. The monoisotopic (exact) mass is 379 g/mol. The van der Waals surface area contributed by atoms with Gasteiger partial charge in [-0.15, -0.1) is 0 Å². The van der Waals surface area contributed by atoms with Crippen LogP contribution >= 0.6 is 0 Å². The summed E-state index contributed by atoms with van der Waals surface area (Å²) in [6.07, 6.45) is 7.66. The zero-order chi connectivity index (χ0) is 19.7. The van der Waals surface area contributed by atoms with Crippen LogP contribution in [0.3, 0.4) is 0 Å². The topological polar surface area (TPSA) is 40.5 Å². The van der Waals surface area contributed by atoms with Gasteiger partial charge in [-0.05, 0) is 67.4 Å². The number of nitrogens with zero attached hydrogens (tertiary/aromatic N) is 1. The summed E-state index contributed by atoms with van der Waals surface area (Å²) in [5.41, 5.74) is 3.40. The Morgan fingerprint density at radius 2 is 2.04 bits per heavy atom. The molecule has 150 valence electrons. The number of benzene rings is 1. The number of carbonyl (C=O) groups excluding carboxylic acids is 1. The van der Waals surface area contributed by atoms with E-state index in [0.29, 0.717) is 23.7 Å². The number of carbonyl (C=O) groups is 1. The van der Waals surface area contributed by atoms with Crippen LogP contribution in [-0.4, -0.2) is 24.2 Å². The molecule has 3 nitrogen and oxygen atoms in total. The van der Waals surface area contributed by atoms with Crippen LogP contribution in [0.4, 0.5) is 5.69 Å². The van der Waals surface area contributed by atoms with E-state index in [2.05, 4.69) is 49.9 Å². The summed E-state index contributed by atoms with van der Waals surface area (Å²) >= 11 is 0. The molecule has 0 saturated heterocycles. The highest BCUT2D eigenvalue weighted by Gasteiger charge is 2.58. The summed E-state index contributed by atoms with van der Waals surface area (Å²) < 4.78 is 0. The first-order valence-electron chi connectivity index (χ1n) is 11.1. The Kier molecular flexibility index (Phi) is 4.07. The summed E-state index contributed by atoms with van der Waals surface area (Å²) in [7, 11) is 0. The van der Waals surface area contributed by atoms with Crippen molar-refractivity contribution < 1.29 is 9.90 Å². The minimum Gasteiger partial charge on any atom is -0.395 e. The van der Waals surface area contributed by atoms with E-state index >= 15 is 0 Å². The second-order valence-electron chi connectivity index (χ2n) is 10.4. The number of hydrogen-bond acceptors (Lipinski definition) is 2. The van der Waals surface area contributed by atoms with E-state index in [1.807, 2.05) is 6.07 Å². The molecule has 1 amide bonds. The van der Waals surface area contributed by atoms with Crippen molar-refractivity contribution in [1.82, 2.24) is 0 Å². The van der Waals surface area contributed by atoms with Gasteiger partial charge in [-0.2, -0.15) is 0 Å². The van der Waals surface area contributed by atoms with Crippen molar-refractivity contribution in [3.05, 3.63) is 41.5 Å². The fourth-order valence-corrected chi connectivity index (χ4v) is 7.06. The number of para-hydroxylation sites is 1. The highest BCUT2D eigenvalue weighted by Crippen LogP contribution is 2.63. The Morgan fingerprint density at radius 3 is 2.79 bits per heavy atom. The lowest BCUT2D eigenvalue weighted by Gasteiger charge is -2.47. The number of amides is 1. The predicted molar refractivity (Wildman–Crippen MR) is 112 cm³/mol. The molecule has 0 spiro atoms. The molecule has 0 radical (unpaired) electrons. The molecule has 5 atom stereocenters. The van der Waals surface area contributed by atoms with Crippen LogP contribution in [0.25, 0.3) is 0 Å². The number of fused-ring (bicyclic) bond motifs is 2. The maximum absolute atomic E-state index is 14.1. The number of aliphatic hydroxyl groups is 1. The van der Waals surface area contributed by atoms with Gasteiger partial charge in [0.05, 0.1) is 12.0 Å². The van der Waals surface area contributed by atoms with Crippen molar-refractivity contribution in [3.63, 3.8) is 0 Å². The van der Waals surface area contributed by atoms with Crippen molar-refractivity contribution in [1.29, 1.82) is 0 Å². The first kappa shape index (κ1) is 18.4. The molecule has 1 aromatic rings. The number of anilines is 1. The van der Waals surface area contributed by atoms with E-state index in [4.69, 9.17) is 0 Å². The summed E-state index contributed by atoms with van der Waals surface area (Å²) in [5, 5.41) is 10.3. The lowest BCUT2D eigenvalue weighted by atomic mass is 9.66. The average Bonchev–Trinajstić information content (AvgIpc) is 2.90. The zero-order valence-electron chi connectivity index (χ0n) is 17.4. The molecule has 4 aliphatic rings. The van der Waals surface area contributed by atoms with Crippen molar-refractivity contribution in [2.24, 2.45) is 29.1 Å². The fraction of sp³-hybridized carbons (Fsp3) is 0.640. The van der Waals surface area contributed by atoms with Gasteiger partial charge in [-0.3, -0.25) is 4.79 Å². The van der Waals surface area contributed by atoms with Gasteiger partial charge in [-0.25, -0.2) is 0 Å². The molecule has 28 heavy (non-hydrogen) atoms. The van der Waals surface area contributed by atoms with E-state index in [-0.39, 0.29) is 17.4 Å². The Bertz CT molecular complexity index is 843. The summed E-state index contributed by atoms with van der Waals surface area (Å²) in [4.78, 5) is 16.2. The van der Waals surface area contributed by atoms with Gasteiger partial charge in [0.2, 0.25) is 5.91 Å². The van der Waals surface area contributed by atoms with Crippen molar-refractivity contribution in [2.45, 2.75) is 58.3 Å². The molecule has 3 aliphatic carbocycles. The second kappa shape index (κ2) is 6.19. The van der Waals surface area contributed by atoms with E-state index in [1.54, 1.807) is 5.57 Å². The van der Waals surface area contributed by atoms with Crippen LogP contribution in [0.15, 0.2) is 35.9 Å². The quantitative estimate of drug-likeness (QED) is 0.774. The van der Waals surface area contributed by atoms with Crippen LogP contribution in [0, 0.1) is 29.1 Å². The third-order valence-electron chi connectivity index (χ3n) is 8.62. The van der Waals surface area contributed by atoms with Gasteiger partial charge in [0.25, 0.3) is 0 Å². The van der Waals surface area contributed by atoms with Gasteiger partial charge in [0.1, 0.15) is 0 Å². The van der Waals surface area contributed by atoms with Crippen LogP contribution in [0.5, 0.6) is 0 Å². The molecule has 1 N–H and O–H groups in total. The summed E-state index contributed by atoms with van der Waals surface area (Å²) in [6, 6.07) is 8.33. The number of aliphatic hydroxyl groups excluding tert-OH is 1. The van der Waals surface area contributed by atoms with Crippen molar-refractivity contribution in [3.8, 4) is 0 Å². The Labute approximate surface area is 168 Å². The molecule has 2 saturated carbocycles. The number of allylic oxidation sites excluding steroid dienone is 2. The normalized spacial score (nSPS) is 38.5. The molecule has 0 aromatic heterocycles. The SMILES string of the molecule is CC1C=C2CC3CC(C(=O)N4CCC(CO)(C(C)C)c5ccccc54)(C1)CC23. The lowest BCUT2D eigenvalue weighted by Crippen LogP contribution is -2.51. The van der Waals surface area contributed by atoms with Gasteiger partial charge < -0.3 is 10.0 Å². The minimum atomic E-state index is -0.245. The van der Waals surface area contributed by atoms with Crippen LogP contribution in [-0.2, 0) is 10.2 Å². The largest absolute Gasteiger partial charge is 0.395 e. The lowest BCUT2D eigenvalue weighted by molar-refractivity contribution is -0.129. The van der Waals surface area contributed by atoms with Crippen LogP contribution in [0.1, 0.15) is 58.4 Å². The van der Waals surface area contributed by atoms with Crippen LogP contribution in [0.2, 0.25) is 0 Å². The molecule has 3 heteroatoms. The zero-order valence-corrected chi connectivity index (χ0v) is 17.4. The number of hydrogen-bond donors (Lipinski definition) is 1. The number of rotatable bonds is 3. The maximum Gasteiger partial charge on any atom is 0.233 e. The van der Waals surface area contributed by atoms with Crippen molar-refractivity contribution >= 4 is 11.6 Å². The smallest absolute Gasteiger partial charge is 0.233 e. The second-order valence-corrected chi connectivity index (χ2v) is 10.4. The highest BCUT2D eigenvalue weighted by molar-refractivity contribution is 5.99. The predicted octanol–water partition coefficient (Wildman–Crippen LogP) is 4.69. The first-order chi connectivity index (χ1) is 13.4. The van der Waals surface area contributed by atoms with E-state index in [1.165, 1.54) is 6.42 Å². The summed E-state index contributed by atoms with van der Waals surface area (Å²) in [6.45, 7) is 7.54. The molecule has 2 bridgehead atoms. The van der Waals surface area contributed by atoms with Gasteiger partial charge in [-0.1, -0.05) is 50.6 Å². The van der Waals surface area contributed by atoms with Crippen LogP contribution < -0.4 is 4.90 Å². The highest BCUT2D eigenvalue weighted by atomic mass is 16.3. The maximum atomic E-state index is 14.1. The fourth-order valence-electron chi connectivity index (χ4n) is 7.06. The van der Waals surface area contributed by atoms with E-state index < -0.39 is 0 Å². The van der Waals surface area contributed by atoms with Gasteiger partial charge >= 0.3 is 0 Å². The van der Waals surface area contributed by atoms with E-state index in [0.717, 1.165) is 49.4 Å². The van der Waals surface area contributed by atoms with Gasteiger partial charge in [0.15, 0.2) is 0 Å². The third kappa shape index (κ3) is 2.35. The summed E-state index contributed by atoms with van der Waals surface area (Å²) in [5.74, 6) is 2.58. The van der Waals surface area contributed by atoms with Crippen molar-refractivity contribution in [2.75, 3.05) is 18.1 Å². The molecule has 1 aromatic carbocycles. The van der Waals surface area contributed by atoms with Gasteiger partial charge in [0, 0.05) is 17.6 Å². The Morgan fingerprint density at radius 1 is 1.25 bits per heavy atom. The molecule has 5 rings (SSSR count).